The van der Waals surface area contributed by atoms with E-state index in [0.29, 0.717) is 12.2 Å². The van der Waals surface area contributed by atoms with Crippen molar-refractivity contribution in [2.24, 2.45) is 0 Å². The Hall–Kier alpha value is -1.33. The number of amides is 1. The van der Waals surface area contributed by atoms with E-state index in [2.05, 4.69) is 0 Å². The summed E-state index contributed by atoms with van der Waals surface area (Å²) in [7, 11) is 2.95. The van der Waals surface area contributed by atoms with E-state index < -0.39 is 6.10 Å². The predicted molar refractivity (Wildman–Crippen MR) is 52.7 cm³/mol. The molecule has 0 saturated carbocycles. The number of carbonyl (C=O) groups is 1. The normalized spacial score (nSPS) is 12.5. The van der Waals surface area contributed by atoms with Crippen molar-refractivity contribution in [1.29, 1.82) is 0 Å². The van der Waals surface area contributed by atoms with Crippen LogP contribution in [0.15, 0.2) is 22.8 Å². The lowest BCUT2D eigenvalue weighted by Gasteiger charge is -2.14. The summed E-state index contributed by atoms with van der Waals surface area (Å²) in [6, 6.07) is 3.37. The third kappa shape index (κ3) is 3.38. The first-order chi connectivity index (χ1) is 7.15. The number of nitrogens with zero attached hydrogens (tertiary/aromatic N) is 1. The first kappa shape index (κ1) is 11.7. The second kappa shape index (κ2) is 5.53. The maximum Gasteiger partial charge on any atom is 0.245 e. The molecule has 1 atom stereocenters. The zero-order valence-electron chi connectivity index (χ0n) is 8.84. The largest absolute Gasteiger partial charge is 0.467 e. The lowest BCUT2D eigenvalue weighted by Crippen LogP contribution is -2.25. The van der Waals surface area contributed by atoms with E-state index in [0.717, 1.165) is 5.06 Å². The van der Waals surface area contributed by atoms with Crippen LogP contribution in [0.5, 0.6) is 0 Å². The van der Waals surface area contributed by atoms with Gasteiger partial charge in [0.05, 0.1) is 13.4 Å². The minimum absolute atomic E-state index is 0.178. The van der Waals surface area contributed by atoms with Crippen LogP contribution in [0.25, 0.3) is 0 Å². The number of carbonyl (C=O) groups excluding carboxylic acids is 1. The number of aliphatic hydroxyl groups is 1. The molecule has 5 heteroatoms. The maximum atomic E-state index is 11.3. The predicted octanol–water partition coefficient (Wildman–Crippen LogP) is 1.11. The molecule has 0 saturated heterocycles. The van der Waals surface area contributed by atoms with Crippen molar-refractivity contribution in [3.63, 3.8) is 0 Å². The second-order valence-corrected chi connectivity index (χ2v) is 3.14. The Balaban J connectivity index is 2.34. The molecular formula is C10H15NO4. The zero-order valence-corrected chi connectivity index (χ0v) is 8.84. The number of hydroxylamine groups is 2. The highest BCUT2D eigenvalue weighted by atomic mass is 16.7. The van der Waals surface area contributed by atoms with Crippen LogP contribution < -0.4 is 0 Å². The summed E-state index contributed by atoms with van der Waals surface area (Å²) < 4.78 is 5.01. The zero-order chi connectivity index (χ0) is 11.3. The number of hydrogen-bond donors (Lipinski definition) is 1. The smallest absolute Gasteiger partial charge is 0.245 e. The average Bonchev–Trinajstić information content (AvgIpc) is 2.77. The van der Waals surface area contributed by atoms with Gasteiger partial charge in [0.1, 0.15) is 11.9 Å². The van der Waals surface area contributed by atoms with E-state index in [1.807, 2.05) is 0 Å². The first-order valence-electron chi connectivity index (χ1n) is 4.67. The van der Waals surface area contributed by atoms with Crippen molar-refractivity contribution in [3.05, 3.63) is 24.2 Å². The van der Waals surface area contributed by atoms with E-state index in [4.69, 9.17) is 9.25 Å². The van der Waals surface area contributed by atoms with Gasteiger partial charge in [-0.3, -0.25) is 9.63 Å². The van der Waals surface area contributed by atoms with Crippen molar-refractivity contribution in [1.82, 2.24) is 5.06 Å². The Morgan fingerprint density at radius 1 is 1.73 bits per heavy atom. The lowest BCUT2D eigenvalue weighted by molar-refractivity contribution is -0.169. The third-order valence-corrected chi connectivity index (χ3v) is 2.13. The molecule has 0 bridgehead atoms. The standard InChI is InChI=1S/C10H15NO4/c1-11(14-2)10(13)6-5-8(12)9-4-3-7-15-9/h3-4,7-8,12H,5-6H2,1-2H3/t8-/m0/s1. The van der Waals surface area contributed by atoms with Crippen LogP contribution in [0.4, 0.5) is 0 Å². The summed E-state index contributed by atoms with van der Waals surface area (Å²) >= 11 is 0. The molecule has 0 aliphatic rings. The van der Waals surface area contributed by atoms with Crippen molar-refractivity contribution in [3.8, 4) is 0 Å². The van der Waals surface area contributed by atoms with Gasteiger partial charge in [0.15, 0.2) is 0 Å². The molecule has 1 aromatic heterocycles. The highest BCUT2D eigenvalue weighted by molar-refractivity contribution is 5.74. The van der Waals surface area contributed by atoms with Gasteiger partial charge in [0, 0.05) is 13.5 Å². The van der Waals surface area contributed by atoms with Crippen LogP contribution in [0.2, 0.25) is 0 Å². The number of rotatable bonds is 5. The van der Waals surface area contributed by atoms with Gasteiger partial charge >= 0.3 is 0 Å². The van der Waals surface area contributed by atoms with Gasteiger partial charge in [-0.05, 0) is 18.6 Å². The van der Waals surface area contributed by atoms with Crippen LogP contribution in [0, 0.1) is 0 Å². The summed E-state index contributed by atoms with van der Waals surface area (Å²) in [6.07, 6.45) is 1.28. The number of aliphatic hydroxyl groups excluding tert-OH is 1. The van der Waals surface area contributed by atoms with Crippen LogP contribution in [0.1, 0.15) is 24.7 Å². The minimum Gasteiger partial charge on any atom is -0.467 e. The molecule has 84 valence electrons. The Labute approximate surface area is 88.2 Å². The van der Waals surface area contributed by atoms with Gasteiger partial charge in [0.2, 0.25) is 5.91 Å². The van der Waals surface area contributed by atoms with Gasteiger partial charge in [-0.15, -0.1) is 0 Å². The fraction of sp³-hybridized carbons (Fsp3) is 0.500. The molecule has 0 fully saturated rings. The molecule has 1 amide bonds. The molecule has 0 spiro atoms. The van der Waals surface area contributed by atoms with Crippen molar-refractivity contribution in [2.75, 3.05) is 14.2 Å². The summed E-state index contributed by atoms with van der Waals surface area (Å²) in [5.74, 6) is 0.297. The molecule has 5 nitrogen and oxygen atoms in total. The van der Waals surface area contributed by atoms with E-state index in [-0.39, 0.29) is 12.3 Å². The SMILES string of the molecule is CON(C)C(=O)CC[C@H](O)c1ccco1. The molecule has 1 N–H and O–H groups in total. The Morgan fingerprint density at radius 3 is 3.00 bits per heavy atom. The summed E-state index contributed by atoms with van der Waals surface area (Å²) in [6.45, 7) is 0. The van der Waals surface area contributed by atoms with Gasteiger partial charge in [-0.2, -0.15) is 0 Å². The fourth-order valence-corrected chi connectivity index (χ4v) is 1.14. The maximum absolute atomic E-state index is 11.3. The van der Waals surface area contributed by atoms with Gasteiger partial charge < -0.3 is 9.52 Å². The molecule has 1 rings (SSSR count). The molecule has 15 heavy (non-hydrogen) atoms. The third-order valence-electron chi connectivity index (χ3n) is 2.13. The topological polar surface area (TPSA) is 62.9 Å². The quantitative estimate of drug-likeness (QED) is 0.744. The lowest BCUT2D eigenvalue weighted by atomic mass is 10.1. The monoisotopic (exact) mass is 213 g/mol. The molecule has 0 aliphatic carbocycles. The van der Waals surface area contributed by atoms with Crippen molar-refractivity contribution < 1.29 is 19.2 Å². The number of hydrogen-bond acceptors (Lipinski definition) is 4. The van der Waals surface area contributed by atoms with Crippen molar-refractivity contribution in [2.45, 2.75) is 18.9 Å². The summed E-state index contributed by atoms with van der Waals surface area (Å²) in [4.78, 5) is 16.0. The van der Waals surface area contributed by atoms with Crippen molar-refractivity contribution >= 4 is 5.91 Å². The summed E-state index contributed by atoms with van der Waals surface area (Å²) in [5.41, 5.74) is 0. The van der Waals surface area contributed by atoms with E-state index in [1.54, 1.807) is 12.1 Å². The van der Waals surface area contributed by atoms with Crippen LogP contribution in [-0.4, -0.2) is 30.2 Å². The average molecular weight is 213 g/mol. The van der Waals surface area contributed by atoms with E-state index in [1.165, 1.54) is 20.4 Å². The molecular weight excluding hydrogens is 198 g/mol. The van der Waals surface area contributed by atoms with E-state index >= 15 is 0 Å². The first-order valence-corrected chi connectivity index (χ1v) is 4.67. The molecule has 0 aromatic carbocycles. The minimum atomic E-state index is -0.741. The Kier molecular flexibility index (Phi) is 4.33. The molecule has 0 aliphatic heterocycles. The Bertz CT molecular complexity index is 296. The second-order valence-electron chi connectivity index (χ2n) is 3.14. The molecule has 1 aromatic rings. The highest BCUT2D eigenvalue weighted by Gasteiger charge is 2.14. The molecule has 1 heterocycles. The van der Waals surface area contributed by atoms with Crippen LogP contribution >= 0.6 is 0 Å². The fourth-order valence-electron chi connectivity index (χ4n) is 1.14. The van der Waals surface area contributed by atoms with Crippen LogP contribution in [-0.2, 0) is 9.63 Å². The van der Waals surface area contributed by atoms with Gasteiger partial charge in [-0.25, -0.2) is 5.06 Å². The highest BCUT2D eigenvalue weighted by Crippen LogP contribution is 2.18. The van der Waals surface area contributed by atoms with Crippen LogP contribution in [0.3, 0.4) is 0 Å². The summed E-state index contributed by atoms with van der Waals surface area (Å²) in [5, 5.41) is 10.7. The number of furan rings is 1. The Morgan fingerprint density at radius 2 is 2.47 bits per heavy atom. The molecule has 0 unspecified atom stereocenters. The van der Waals surface area contributed by atoms with Gasteiger partial charge in [0.25, 0.3) is 0 Å². The molecule has 0 radical (unpaired) electrons. The van der Waals surface area contributed by atoms with Gasteiger partial charge in [-0.1, -0.05) is 0 Å². The van der Waals surface area contributed by atoms with E-state index in [9.17, 15) is 9.90 Å².